The SMILES string of the molecule is O=C(c1ccccc1)N1CCN(c2ncc(C(F)(F)F)s2)CC1. The van der Waals surface area contributed by atoms with Crippen LogP contribution in [0.15, 0.2) is 36.5 Å². The molecule has 23 heavy (non-hydrogen) atoms. The van der Waals surface area contributed by atoms with Gasteiger partial charge in [0.05, 0.1) is 6.20 Å². The summed E-state index contributed by atoms with van der Waals surface area (Å²) in [6.07, 6.45) is -3.50. The van der Waals surface area contributed by atoms with Crippen molar-refractivity contribution < 1.29 is 18.0 Å². The molecule has 0 spiro atoms. The minimum Gasteiger partial charge on any atom is -0.345 e. The van der Waals surface area contributed by atoms with Crippen LogP contribution in [0.4, 0.5) is 18.3 Å². The van der Waals surface area contributed by atoms with Crippen molar-refractivity contribution in [2.75, 3.05) is 31.1 Å². The van der Waals surface area contributed by atoms with Gasteiger partial charge in [0.1, 0.15) is 4.88 Å². The molecule has 2 heterocycles. The van der Waals surface area contributed by atoms with Crippen LogP contribution in [0.1, 0.15) is 15.2 Å². The van der Waals surface area contributed by atoms with Crippen molar-refractivity contribution in [3.8, 4) is 0 Å². The van der Waals surface area contributed by atoms with E-state index in [2.05, 4.69) is 4.98 Å². The molecule has 0 N–H and O–H groups in total. The van der Waals surface area contributed by atoms with Crippen molar-refractivity contribution in [2.45, 2.75) is 6.18 Å². The van der Waals surface area contributed by atoms with Gasteiger partial charge < -0.3 is 9.80 Å². The number of anilines is 1. The summed E-state index contributed by atoms with van der Waals surface area (Å²) < 4.78 is 37.9. The Balaban J connectivity index is 1.62. The number of benzene rings is 1. The molecule has 0 unspecified atom stereocenters. The zero-order valence-electron chi connectivity index (χ0n) is 12.1. The first-order valence-electron chi connectivity index (χ1n) is 7.07. The van der Waals surface area contributed by atoms with Crippen LogP contribution in [0.3, 0.4) is 0 Å². The number of nitrogens with zero attached hydrogens (tertiary/aromatic N) is 3. The molecule has 0 aliphatic carbocycles. The number of alkyl halides is 3. The summed E-state index contributed by atoms with van der Waals surface area (Å²) in [7, 11) is 0. The van der Waals surface area contributed by atoms with E-state index < -0.39 is 11.1 Å². The third-order valence-corrected chi connectivity index (χ3v) is 4.73. The van der Waals surface area contributed by atoms with Gasteiger partial charge in [-0.15, -0.1) is 0 Å². The van der Waals surface area contributed by atoms with Crippen molar-refractivity contribution >= 4 is 22.4 Å². The van der Waals surface area contributed by atoms with Crippen molar-refractivity contribution in [3.05, 3.63) is 47.0 Å². The summed E-state index contributed by atoms with van der Waals surface area (Å²) in [5.41, 5.74) is 0.620. The average molecular weight is 341 g/mol. The number of aromatic nitrogens is 1. The summed E-state index contributed by atoms with van der Waals surface area (Å²) in [6.45, 7) is 1.89. The van der Waals surface area contributed by atoms with Crippen molar-refractivity contribution in [1.82, 2.24) is 9.88 Å². The topological polar surface area (TPSA) is 36.4 Å². The Labute approximate surface area is 135 Å². The predicted molar refractivity (Wildman–Crippen MR) is 81.7 cm³/mol. The molecule has 3 rings (SSSR count). The second-order valence-electron chi connectivity index (χ2n) is 5.15. The molecule has 0 atom stereocenters. The highest BCUT2D eigenvalue weighted by Crippen LogP contribution is 2.36. The second-order valence-corrected chi connectivity index (χ2v) is 6.16. The Bertz CT molecular complexity index is 679. The van der Waals surface area contributed by atoms with E-state index in [0.29, 0.717) is 48.2 Å². The van der Waals surface area contributed by atoms with Crippen molar-refractivity contribution in [2.24, 2.45) is 0 Å². The summed E-state index contributed by atoms with van der Waals surface area (Å²) in [6, 6.07) is 8.96. The van der Waals surface area contributed by atoms with Crippen molar-refractivity contribution in [3.63, 3.8) is 0 Å². The quantitative estimate of drug-likeness (QED) is 0.842. The van der Waals surface area contributed by atoms with E-state index in [0.717, 1.165) is 6.20 Å². The molecule has 1 fully saturated rings. The van der Waals surface area contributed by atoms with E-state index in [1.165, 1.54) is 0 Å². The van der Waals surface area contributed by atoms with Crippen molar-refractivity contribution in [1.29, 1.82) is 0 Å². The molecule has 0 bridgehead atoms. The molecule has 1 amide bonds. The molecule has 8 heteroatoms. The molecule has 1 aliphatic heterocycles. The lowest BCUT2D eigenvalue weighted by molar-refractivity contribution is -0.134. The van der Waals surface area contributed by atoms with Gasteiger partial charge in [-0.1, -0.05) is 29.5 Å². The molecule has 1 aromatic heterocycles. The number of hydrogen-bond donors (Lipinski definition) is 0. The predicted octanol–water partition coefficient (Wildman–Crippen LogP) is 3.12. The number of rotatable bonds is 2. The molecule has 2 aromatic rings. The lowest BCUT2D eigenvalue weighted by Gasteiger charge is -2.34. The standard InChI is InChI=1S/C15H14F3N3OS/c16-15(17,18)12-10-19-14(23-12)21-8-6-20(7-9-21)13(22)11-4-2-1-3-5-11/h1-5,10H,6-9H2. The Morgan fingerprint density at radius 1 is 1.09 bits per heavy atom. The van der Waals surface area contributed by atoms with E-state index in [1.54, 1.807) is 34.1 Å². The average Bonchev–Trinajstić information content (AvgIpc) is 3.05. The number of amides is 1. The first kappa shape index (κ1) is 15.8. The fraction of sp³-hybridized carbons (Fsp3) is 0.333. The Kier molecular flexibility index (Phi) is 4.25. The molecule has 0 radical (unpaired) electrons. The monoisotopic (exact) mass is 341 g/mol. The number of hydrogen-bond acceptors (Lipinski definition) is 4. The zero-order chi connectivity index (χ0) is 16.4. The van der Waals surface area contributed by atoms with Crippen LogP contribution >= 0.6 is 11.3 Å². The fourth-order valence-electron chi connectivity index (χ4n) is 2.41. The number of thiazole rings is 1. The number of halogens is 3. The van der Waals surface area contributed by atoms with E-state index in [-0.39, 0.29) is 5.91 Å². The third-order valence-electron chi connectivity index (χ3n) is 3.63. The highest BCUT2D eigenvalue weighted by Gasteiger charge is 2.34. The first-order chi connectivity index (χ1) is 10.9. The smallest absolute Gasteiger partial charge is 0.345 e. The molecular formula is C15H14F3N3OS. The van der Waals surface area contributed by atoms with Gasteiger partial charge in [-0.05, 0) is 12.1 Å². The minimum absolute atomic E-state index is 0.0552. The molecule has 0 saturated carbocycles. The third kappa shape index (κ3) is 3.47. The summed E-state index contributed by atoms with van der Waals surface area (Å²) in [5, 5.41) is 0.351. The van der Waals surface area contributed by atoms with E-state index >= 15 is 0 Å². The lowest BCUT2D eigenvalue weighted by Crippen LogP contribution is -2.48. The van der Waals surface area contributed by atoms with E-state index in [9.17, 15) is 18.0 Å². The second kappa shape index (κ2) is 6.19. The lowest BCUT2D eigenvalue weighted by atomic mass is 10.2. The number of carbonyl (C=O) groups is 1. The van der Waals surface area contributed by atoms with Gasteiger partial charge in [-0.2, -0.15) is 13.2 Å². The van der Waals surface area contributed by atoms with Gasteiger partial charge in [0.25, 0.3) is 5.91 Å². The van der Waals surface area contributed by atoms with Crippen LogP contribution in [0, 0.1) is 0 Å². The van der Waals surface area contributed by atoms with Gasteiger partial charge in [-0.3, -0.25) is 4.79 Å². The van der Waals surface area contributed by atoms with E-state index in [4.69, 9.17) is 0 Å². The molecular weight excluding hydrogens is 327 g/mol. The molecule has 122 valence electrons. The van der Waals surface area contributed by atoms with Gasteiger partial charge in [0, 0.05) is 31.7 Å². The van der Waals surface area contributed by atoms with Crippen LogP contribution in [-0.2, 0) is 6.18 Å². The van der Waals surface area contributed by atoms with Gasteiger partial charge in [0.15, 0.2) is 5.13 Å². The summed E-state index contributed by atoms with van der Waals surface area (Å²) in [5.74, 6) is -0.0552. The van der Waals surface area contributed by atoms with Crippen LogP contribution in [0.5, 0.6) is 0 Å². The van der Waals surface area contributed by atoms with E-state index in [1.807, 2.05) is 6.07 Å². The summed E-state index contributed by atoms with van der Waals surface area (Å²) >= 11 is 0.639. The van der Waals surface area contributed by atoms with Gasteiger partial charge in [-0.25, -0.2) is 4.98 Å². The first-order valence-corrected chi connectivity index (χ1v) is 7.89. The number of piperazine rings is 1. The largest absolute Gasteiger partial charge is 0.427 e. The van der Waals surface area contributed by atoms with Crippen LogP contribution in [0.25, 0.3) is 0 Å². The molecule has 4 nitrogen and oxygen atoms in total. The maximum Gasteiger partial charge on any atom is 0.427 e. The minimum atomic E-state index is -4.36. The zero-order valence-corrected chi connectivity index (χ0v) is 12.9. The fourth-order valence-corrected chi connectivity index (χ4v) is 3.24. The number of carbonyl (C=O) groups excluding carboxylic acids is 1. The maximum atomic E-state index is 12.6. The van der Waals surface area contributed by atoms with Crippen LogP contribution < -0.4 is 4.90 Å². The molecule has 1 aliphatic rings. The Morgan fingerprint density at radius 3 is 2.30 bits per heavy atom. The normalized spacial score (nSPS) is 15.8. The Hall–Kier alpha value is -2.09. The maximum absolute atomic E-state index is 12.6. The summed E-state index contributed by atoms with van der Waals surface area (Å²) in [4.78, 5) is 19.0. The van der Waals surface area contributed by atoms with Crippen LogP contribution in [0.2, 0.25) is 0 Å². The molecule has 1 saturated heterocycles. The Morgan fingerprint density at radius 2 is 1.74 bits per heavy atom. The van der Waals surface area contributed by atoms with Crippen LogP contribution in [-0.4, -0.2) is 42.0 Å². The highest BCUT2D eigenvalue weighted by atomic mass is 32.1. The van der Waals surface area contributed by atoms with Gasteiger partial charge >= 0.3 is 6.18 Å². The highest BCUT2D eigenvalue weighted by molar-refractivity contribution is 7.15. The van der Waals surface area contributed by atoms with Gasteiger partial charge in [0.2, 0.25) is 0 Å². The molecule has 1 aromatic carbocycles.